The van der Waals surface area contributed by atoms with E-state index in [9.17, 15) is 9.59 Å². The van der Waals surface area contributed by atoms with Gasteiger partial charge in [0.15, 0.2) is 10.9 Å². The molecule has 9 heteroatoms. The fourth-order valence-corrected chi connectivity index (χ4v) is 6.50. The van der Waals surface area contributed by atoms with E-state index in [1.807, 2.05) is 75.6 Å². The zero-order chi connectivity index (χ0) is 37.6. The van der Waals surface area contributed by atoms with Crippen molar-refractivity contribution < 1.29 is 0 Å². The Bertz CT molecular complexity index is 1930. The number of para-hydroxylation sites is 2. The lowest BCUT2D eigenvalue weighted by Gasteiger charge is -2.18. The van der Waals surface area contributed by atoms with E-state index in [0.29, 0.717) is 13.3 Å². The molecule has 0 atom stereocenters. The lowest BCUT2D eigenvalue weighted by atomic mass is 10.0. The molecule has 0 aliphatic rings. The van der Waals surface area contributed by atoms with Gasteiger partial charge in [-0.25, -0.2) is 4.99 Å². The second-order valence-electron chi connectivity index (χ2n) is 12.7. The molecule has 2 aromatic carbocycles. The molecule has 0 fully saturated rings. The second-order valence-corrected chi connectivity index (χ2v) is 13.8. The average molecular weight is 744 g/mol. The molecule has 0 unspecified atom stereocenters. The Hall–Kier alpha value is -3.83. The number of nitriles is 1. The zero-order valence-electron chi connectivity index (χ0n) is 31.9. The normalized spacial score (nSPS) is 10.7. The highest BCUT2D eigenvalue weighted by Crippen LogP contribution is 2.21. The van der Waals surface area contributed by atoms with Crippen molar-refractivity contribution in [1.29, 1.82) is 5.26 Å². The van der Waals surface area contributed by atoms with Gasteiger partial charge in [0.1, 0.15) is 13.3 Å². The number of rotatable bonds is 16. The van der Waals surface area contributed by atoms with Crippen LogP contribution in [0.3, 0.4) is 0 Å². The lowest BCUT2D eigenvalue weighted by molar-refractivity contribution is 0.607. The van der Waals surface area contributed by atoms with Crippen LogP contribution in [0.2, 0.25) is 0 Å². The van der Waals surface area contributed by atoms with Crippen LogP contribution in [0.1, 0.15) is 122 Å². The summed E-state index contributed by atoms with van der Waals surface area (Å²) in [4.78, 5) is 34.2. The first kappa shape index (κ1) is 46.2. The highest BCUT2D eigenvalue weighted by atomic mass is 32.2. The Morgan fingerprint density at radius 1 is 0.750 bits per heavy atom. The van der Waals surface area contributed by atoms with E-state index in [2.05, 4.69) is 33.1 Å². The van der Waals surface area contributed by atoms with Crippen LogP contribution in [0.15, 0.2) is 68.1 Å². The van der Waals surface area contributed by atoms with Crippen LogP contribution in [0, 0.1) is 25.2 Å². The third-order valence-electron chi connectivity index (χ3n) is 9.12. The minimum absolute atomic E-state index is 0. The number of unbranched alkanes of at least 4 members (excludes halogenated alkanes) is 8. The van der Waals surface area contributed by atoms with E-state index < -0.39 is 0 Å². The van der Waals surface area contributed by atoms with Crippen molar-refractivity contribution in [3.63, 3.8) is 0 Å². The third-order valence-corrected chi connectivity index (χ3v) is 9.97. The van der Waals surface area contributed by atoms with Gasteiger partial charge in [-0.15, -0.1) is 11.8 Å². The number of fused-ring (bicyclic) bond motifs is 2. The standard InChI is InChI=1S/C21H30N2OS.C19H24N2OS.C2H3N.CH4/c1-5-6-7-8-9-13-19-16(2)21(24)18-12-10-11-14-20(18)23(19)15-22-17(3)25-4;1-3-4-5-6-7-11-17-15(2)19(22)16-10-8-9-12-18(16)21(17)13-20-14-23;1-2-3;/h10-12,14H,5-9,13,15H2,1-4H3;8-10,12H,3-7,11,13H2,1-2H3;1H3;1H4. The second kappa shape index (κ2) is 26.0. The van der Waals surface area contributed by atoms with Gasteiger partial charge in [-0.05, 0) is 89.2 Å². The van der Waals surface area contributed by atoms with E-state index in [1.54, 1.807) is 17.8 Å². The minimum atomic E-state index is 0. The van der Waals surface area contributed by atoms with Crippen molar-refractivity contribution in [2.45, 2.75) is 139 Å². The van der Waals surface area contributed by atoms with Gasteiger partial charge in [0, 0.05) is 40.2 Å². The van der Waals surface area contributed by atoms with Crippen LogP contribution in [-0.4, -0.2) is 25.6 Å². The average Bonchev–Trinajstić information content (AvgIpc) is 3.15. The molecular weight excluding hydrogens is 683 g/mol. The summed E-state index contributed by atoms with van der Waals surface area (Å²) in [5, 5.41) is 12.4. The molecule has 0 saturated carbocycles. The maximum Gasteiger partial charge on any atom is 0.192 e. The smallest absolute Gasteiger partial charge is 0.192 e. The first-order valence-corrected chi connectivity index (χ1v) is 20.0. The SMILES string of the molecule is C.CC#N.CCCCCCCc1c(C)c(=O)c2ccccc2n1CN=C(C)SC.CCCCCCCc1c(C)c(=O)c2ccccc2n1CN=C=S. The van der Waals surface area contributed by atoms with Gasteiger partial charge in [0.05, 0.1) is 27.3 Å². The lowest BCUT2D eigenvalue weighted by Crippen LogP contribution is -2.19. The Kier molecular flexibility index (Phi) is 23.1. The number of thioether (sulfide) groups is 1. The fourth-order valence-electron chi connectivity index (χ4n) is 6.26. The maximum atomic E-state index is 12.8. The molecule has 0 spiro atoms. The van der Waals surface area contributed by atoms with E-state index in [4.69, 9.17) is 22.5 Å². The Balaban J connectivity index is 0.000000476. The molecular formula is C43H61N5O2S2. The number of isothiocyanates is 1. The summed E-state index contributed by atoms with van der Waals surface area (Å²) in [5.41, 5.74) is 6.18. The summed E-state index contributed by atoms with van der Waals surface area (Å²) < 4.78 is 4.36. The molecule has 4 rings (SSSR count). The van der Waals surface area contributed by atoms with Gasteiger partial charge >= 0.3 is 0 Å². The Labute approximate surface area is 322 Å². The third kappa shape index (κ3) is 13.6. The van der Waals surface area contributed by atoms with Gasteiger partial charge in [-0.1, -0.05) is 96.9 Å². The van der Waals surface area contributed by atoms with Gasteiger partial charge in [0.25, 0.3) is 0 Å². The largest absolute Gasteiger partial charge is 0.324 e. The van der Waals surface area contributed by atoms with Gasteiger partial charge < -0.3 is 9.13 Å². The van der Waals surface area contributed by atoms with E-state index >= 15 is 0 Å². The molecule has 2 aromatic heterocycles. The summed E-state index contributed by atoms with van der Waals surface area (Å²) in [5.74, 6) is 0. The number of benzene rings is 2. The van der Waals surface area contributed by atoms with Gasteiger partial charge in [-0.3, -0.25) is 14.6 Å². The van der Waals surface area contributed by atoms with Crippen molar-refractivity contribution >= 4 is 56.0 Å². The molecule has 0 N–H and O–H groups in total. The summed E-state index contributed by atoms with van der Waals surface area (Å²) in [6.45, 7) is 12.8. The monoisotopic (exact) mass is 743 g/mol. The molecule has 0 aliphatic heterocycles. The quantitative estimate of drug-likeness (QED) is 0.0493. The number of hydrogen-bond acceptors (Lipinski definition) is 7. The fraction of sp³-hybridized carbons (Fsp3) is 0.512. The summed E-state index contributed by atoms with van der Waals surface area (Å²) in [6.07, 6.45) is 16.1. The number of pyridine rings is 2. The van der Waals surface area contributed by atoms with Crippen LogP contribution < -0.4 is 10.9 Å². The topological polar surface area (TPSA) is 92.5 Å². The molecule has 0 bridgehead atoms. The number of nitrogens with zero attached hydrogens (tertiary/aromatic N) is 5. The molecule has 0 aliphatic carbocycles. The summed E-state index contributed by atoms with van der Waals surface area (Å²) in [7, 11) is 0. The predicted molar refractivity (Wildman–Crippen MR) is 230 cm³/mol. The molecule has 0 amide bonds. The van der Waals surface area contributed by atoms with E-state index in [1.165, 1.54) is 58.3 Å². The minimum Gasteiger partial charge on any atom is -0.324 e. The molecule has 4 aromatic rings. The van der Waals surface area contributed by atoms with Gasteiger partial charge in [-0.2, -0.15) is 5.26 Å². The molecule has 0 radical (unpaired) electrons. The van der Waals surface area contributed by atoms with Crippen LogP contribution in [0.25, 0.3) is 21.8 Å². The highest BCUT2D eigenvalue weighted by molar-refractivity contribution is 8.13. The molecule has 52 heavy (non-hydrogen) atoms. The van der Waals surface area contributed by atoms with Crippen LogP contribution in [-0.2, 0) is 26.2 Å². The van der Waals surface area contributed by atoms with Gasteiger partial charge in [0.2, 0.25) is 0 Å². The van der Waals surface area contributed by atoms with Crippen molar-refractivity contribution in [2.24, 2.45) is 9.98 Å². The number of aliphatic imine (C=N–C) groups is 2. The van der Waals surface area contributed by atoms with Crippen LogP contribution in [0.4, 0.5) is 0 Å². The first-order valence-electron chi connectivity index (χ1n) is 18.3. The van der Waals surface area contributed by atoms with E-state index in [0.717, 1.165) is 75.0 Å². The summed E-state index contributed by atoms with van der Waals surface area (Å²) >= 11 is 6.38. The zero-order valence-corrected chi connectivity index (χ0v) is 33.5. The molecule has 282 valence electrons. The van der Waals surface area contributed by atoms with Crippen LogP contribution >= 0.6 is 24.0 Å². The van der Waals surface area contributed by atoms with E-state index in [-0.39, 0.29) is 18.3 Å². The predicted octanol–water partition coefficient (Wildman–Crippen LogP) is 11.6. The van der Waals surface area contributed by atoms with Crippen molar-refractivity contribution in [1.82, 2.24) is 9.13 Å². The molecule has 0 saturated heterocycles. The van der Waals surface area contributed by atoms with Crippen molar-refractivity contribution in [3.8, 4) is 6.07 Å². The Morgan fingerprint density at radius 2 is 1.15 bits per heavy atom. The first-order chi connectivity index (χ1) is 24.7. The Morgan fingerprint density at radius 3 is 1.56 bits per heavy atom. The molecule has 2 heterocycles. The number of hydrogen-bond donors (Lipinski definition) is 0. The van der Waals surface area contributed by atoms with Crippen LogP contribution in [0.5, 0.6) is 0 Å². The molecule has 7 nitrogen and oxygen atoms in total. The van der Waals surface area contributed by atoms with Crippen molar-refractivity contribution in [2.75, 3.05) is 6.26 Å². The summed E-state index contributed by atoms with van der Waals surface area (Å²) in [6, 6.07) is 17.4. The van der Waals surface area contributed by atoms with Crippen molar-refractivity contribution in [3.05, 3.63) is 91.5 Å². The highest BCUT2D eigenvalue weighted by Gasteiger charge is 2.15. The maximum absolute atomic E-state index is 12.8. The number of aromatic nitrogens is 2. The number of thiocarbonyl (C=S) groups is 1.